The van der Waals surface area contributed by atoms with Crippen LogP contribution < -0.4 is 4.74 Å². The summed E-state index contributed by atoms with van der Waals surface area (Å²) in [5.41, 5.74) is 1.65. The molecule has 4 rings (SSSR count). The zero-order valence-corrected chi connectivity index (χ0v) is 15.6. The van der Waals surface area contributed by atoms with Crippen LogP contribution in [0.15, 0.2) is 52.9 Å². The molecule has 0 aromatic heterocycles. The summed E-state index contributed by atoms with van der Waals surface area (Å²) >= 11 is 0. The molecule has 2 aromatic carbocycles. The van der Waals surface area contributed by atoms with Gasteiger partial charge in [0.1, 0.15) is 17.3 Å². The molecule has 0 aliphatic carbocycles. The van der Waals surface area contributed by atoms with Crippen LogP contribution in [0.1, 0.15) is 29.9 Å². The first-order valence-electron chi connectivity index (χ1n) is 8.93. The Bertz CT molecular complexity index is 905. The number of benzene rings is 2. The molecule has 140 valence electrons. The van der Waals surface area contributed by atoms with Crippen molar-refractivity contribution < 1.29 is 13.8 Å². The van der Waals surface area contributed by atoms with Crippen LogP contribution in [0, 0.1) is 11.3 Å². The van der Waals surface area contributed by atoms with Crippen LogP contribution in [0.4, 0.5) is 0 Å². The van der Waals surface area contributed by atoms with E-state index in [9.17, 15) is 9.11 Å². The lowest BCUT2D eigenvalue weighted by Gasteiger charge is -2.43. The molecule has 0 amide bonds. The van der Waals surface area contributed by atoms with Crippen LogP contribution in [-0.4, -0.2) is 38.7 Å². The molecule has 2 aliphatic rings. The van der Waals surface area contributed by atoms with Gasteiger partial charge in [0.05, 0.1) is 17.4 Å². The van der Waals surface area contributed by atoms with E-state index in [1.165, 1.54) is 0 Å². The van der Waals surface area contributed by atoms with Crippen LogP contribution in [0.5, 0.6) is 11.5 Å². The molecule has 2 N–H and O–H groups in total. The molecule has 2 aliphatic heterocycles. The first-order chi connectivity index (χ1) is 13.0. The van der Waals surface area contributed by atoms with E-state index in [1.807, 2.05) is 30.3 Å². The number of amidine groups is 1. The van der Waals surface area contributed by atoms with E-state index in [2.05, 4.69) is 15.4 Å². The number of rotatable bonds is 3. The smallest absolute Gasteiger partial charge is 0.132 e. The normalized spacial score (nSPS) is 22.2. The van der Waals surface area contributed by atoms with Gasteiger partial charge in [0.15, 0.2) is 0 Å². The summed E-state index contributed by atoms with van der Waals surface area (Å²) in [5, 5.41) is 8.99. The van der Waals surface area contributed by atoms with Crippen molar-refractivity contribution in [1.82, 2.24) is 4.90 Å². The number of fused-ring (bicyclic) bond motifs is 1. The maximum absolute atomic E-state index is 10.0. The number of nitriles is 1. The molecular weight excluding hydrogens is 362 g/mol. The van der Waals surface area contributed by atoms with Gasteiger partial charge >= 0.3 is 0 Å². The molecule has 2 heterocycles. The number of hydrogen-bond donors (Lipinski definition) is 2. The highest BCUT2D eigenvalue weighted by molar-refractivity contribution is 8.23. The van der Waals surface area contributed by atoms with Gasteiger partial charge in [-0.1, -0.05) is 29.0 Å². The Morgan fingerprint density at radius 1 is 1.11 bits per heavy atom. The van der Waals surface area contributed by atoms with Gasteiger partial charge < -0.3 is 9.64 Å². The van der Waals surface area contributed by atoms with Crippen LogP contribution in [-0.2, 0) is 0 Å². The van der Waals surface area contributed by atoms with E-state index in [0.717, 1.165) is 30.8 Å². The number of ether oxygens (including phenoxy) is 1. The van der Waals surface area contributed by atoms with E-state index in [4.69, 9.17) is 10.00 Å². The van der Waals surface area contributed by atoms with Gasteiger partial charge in [0, 0.05) is 19.0 Å². The van der Waals surface area contributed by atoms with Crippen LogP contribution in [0.2, 0.25) is 0 Å². The number of nitrogens with zero attached hydrogens (tertiary/aromatic N) is 3. The minimum atomic E-state index is -2.85. The molecule has 1 unspecified atom stereocenters. The largest absolute Gasteiger partial charge is 0.457 e. The maximum atomic E-state index is 10.0. The molecule has 2 aromatic rings. The second kappa shape index (κ2) is 7.24. The minimum Gasteiger partial charge on any atom is -0.457 e. The molecule has 6 nitrogen and oxygen atoms in total. The van der Waals surface area contributed by atoms with Gasteiger partial charge in [-0.2, -0.15) is 5.26 Å². The van der Waals surface area contributed by atoms with Crippen LogP contribution in [0.3, 0.4) is 0 Å². The van der Waals surface area contributed by atoms with Crippen molar-refractivity contribution in [2.24, 2.45) is 4.40 Å². The molecule has 0 radical (unpaired) electrons. The quantitative estimate of drug-likeness (QED) is 0.808. The Hall–Kier alpha value is -2.53. The molecule has 1 atom stereocenters. The first kappa shape index (κ1) is 17.9. The highest BCUT2D eigenvalue weighted by Crippen LogP contribution is 2.46. The van der Waals surface area contributed by atoms with E-state index in [1.54, 1.807) is 18.2 Å². The average Bonchev–Trinajstić information content (AvgIpc) is 2.68. The zero-order chi connectivity index (χ0) is 18.9. The fourth-order valence-electron chi connectivity index (χ4n) is 3.58. The van der Waals surface area contributed by atoms with Crippen molar-refractivity contribution in [3.05, 3.63) is 59.7 Å². The number of hydrogen-bond acceptors (Lipinski definition) is 6. The van der Waals surface area contributed by atoms with Crippen molar-refractivity contribution in [2.45, 2.75) is 18.8 Å². The fourth-order valence-corrected chi connectivity index (χ4v) is 4.67. The van der Waals surface area contributed by atoms with E-state index in [-0.39, 0.29) is 5.92 Å². The topological polar surface area (TPSA) is 89.1 Å². The van der Waals surface area contributed by atoms with E-state index >= 15 is 0 Å². The van der Waals surface area contributed by atoms with Crippen LogP contribution >= 0.6 is 10.8 Å². The number of piperidine rings is 1. The van der Waals surface area contributed by atoms with Gasteiger partial charge in [-0.15, -0.1) is 4.40 Å². The molecule has 0 bridgehead atoms. The lowest BCUT2D eigenvalue weighted by Crippen LogP contribution is -2.45. The van der Waals surface area contributed by atoms with Crippen molar-refractivity contribution in [3.63, 3.8) is 0 Å². The SMILES string of the molecule is N#Cc1cccc(Oc2ccc(C3CCCN4CCS(O)(O)N=C34)cc2)c1. The Balaban J connectivity index is 1.55. The van der Waals surface area contributed by atoms with Gasteiger partial charge in [0.25, 0.3) is 0 Å². The average molecular weight is 383 g/mol. The Kier molecular flexibility index (Phi) is 4.79. The molecule has 0 spiro atoms. The first-order valence-corrected chi connectivity index (χ1v) is 10.6. The highest BCUT2D eigenvalue weighted by atomic mass is 32.3. The fraction of sp³-hybridized carbons (Fsp3) is 0.300. The summed E-state index contributed by atoms with van der Waals surface area (Å²) < 4.78 is 30.1. The van der Waals surface area contributed by atoms with E-state index < -0.39 is 10.8 Å². The summed E-state index contributed by atoms with van der Waals surface area (Å²) in [4.78, 5) is 2.17. The zero-order valence-electron chi connectivity index (χ0n) is 14.8. The van der Waals surface area contributed by atoms with Gasteiger partial charge in [-0.3, -0.25) is 9.11 Å². The van der Waals surface area contributed by atoms with Crippen molar-refractivity contribution in [1.29, 1.82) is 5.26 Å². The summed E-state index contributed by atoms with van der Waals surface area (Å²) in [6.07, 6.45) is 2.00. The monoisotopic (exact) mass is 383 g/mol. The Labute approximate surface area is 160 Å². The van der Waals surface area contributed by atoms with Gasteiger partial charge in [-0.25, -0.2) is 0 Å². The predicted octanol–water partition coefficient (Wildman–Crippen LogP) is 4.61. The third kappa shape index (κ3) is 3.93. The Morgan fingerprint density at radius 2 is 1.93 bits per heavy atom. The molecule has 27 heavy (non-hydrogen) atoms. The molecular formula is C20H21N3O3S. The molecule has 7 heteroatoms. The van der Waals surface area contributed by atoms with Gasteiger partial charge in [0.2, 0.25) is 0 Å². The highest BCUT2D eigenvalue weighted by Gasteiger charge is 2.33. The second-order valence-electron chi connectivity index (χ2n) is 6.78. The van der Waals surface area contributed by atoms with Gasteiger partial charge in [-0.05, 0) is 48.7 Å². The van der Waals surface area contributed by atoms with E-state index in [0.29, 0.717) is 29.4 Å². The van der Waals surface area contributed by atoms with Crippen LogP contribution in [0.25, 0.3) is 0 Å². The molecule has 1 saturated heterocycles. The van der Waals surface area contributed by atoms with Crippen molar-refractivity contribution in [3.8, 4) is 17.6 Å². The maximum Gasteiger partial charge on any atom is 0.132 e. The predicted molar refractivity (Wildman–Crippen MR) is 106 cm³/mol. The lowest BCUT2D eigenvalue weighted by atomic mass is 9.89. The lowest BCUT2D eigenvalue weighted by molar-refractivity contribution is 0.356. The summed E-state index contributed by atoms with van der Waals surface area (Å²) in [7, 11) is -2.85. The molecule has 0 saturated carbocycles. The van der Waals surface area contributed by atoms with Crippen molar-refractivity contribution >= 4 is 16.6 Å². The molecule has 1 fully saturated rings. The van der Waals surface area contributed by atoms with Crippen molar-refractivity contribution in [2.75, 3.05) is 18.8 Å². The summed E-state index contributed by atoms with van der Waals surface area (Å²) in [6, 6.07) is 16.9. The minimum absolute atomic E-state index is 0.0705. The second-order valence-corrected chi connectivity index (χ2v) is 8.63. The third-order valence-corrected chi connectivity index (χ3v) is 6.12. The summed E-state index contributed by atoms with van der Waals surface area (Å²) in [6.45, 7) is 1.56. The Morgan fingerprint density at radius 3 is 2.70 bits per heavy atom. The standard InChI is InChI=1S/C20H21N3O3S/c21-14-15-3-1-4-18(13-15)26-17-8-6-16(7-9-17)19-5-2-10-23-11-12-27(24,25)22-20(19)23/h1,3-4,6-9,13,19,24-25H,2,5,10-12H2. The third-order valence-electron chi connectivity index (χ3n) is 4.91. The summed E-state index contributed by atoms with van der Waals surface area (Å²) in [5.74, 6) is 2.49.